The Morgan fingerprint density at radius 2 is 2.29 bits per heavy atom. The van der Waals surface area contributed by atoms with Crippen molar-refractivity contribution in [3.05, 3.63) is 15.5 Å². The number of aromatic nitrogens is 1. The average Bonchev–Trinajstić information content (AvgIpc) is 2.61. The van der Waals surface area contributed by atoms with Crippen molar-refractivity contribution in [1.82, 2.24) is 9.88 Å². The van der Waals surface area contributed by atoms with Crippen LogP contribution in [0.4, 0.5) is 0 Å². The molecular formula is C12H17ClN2OS. The summed E-state index contributed by atoms with van der Waals surface area (Å²) < 4.78 is 0.544. The quantitative estimate of drug-likeness (QED) is 0.827. The zero-order valence-corrected chi connectivity index (χ0v) is 11.8. The SMILES string of the molecule is CC1(C)CCC(=O)N(Cc2cnc(Cl)s2)CC1. The maximum Gasteiger partial charge on any atom is 0.222 e. The van der Waals surface area contributed by atoms with Crippen molar-refractivity contribution in [3.8, 4) is 0 Å². The molecule has 94 valence electrons. The smallest absolute Gasteiger partial charge is 0.222 e. The molecule has 0 saturated carbocycles. The topological polar surface area (TPSA) is 33.2 Å². The summed E-state index contributed by atoms with van der Waals surface area (Å²) in [6.07, 6.45) is 4.45. The van der Waals surface area contributed by atoms with E-state index in [0.717, 1.165) is 24.3 Å². The fraction of sp³-hybridized carbons (Fsp3) is 0.667. The van der Waals surface area contributed by atoms with Crippen LogP contribution < -0.4 is 0 Å². The number of thiazole rings is 1. The number of carbonyl (C=O) groups excluding carboxylic acids is 1. The highest BCUT2D eigenvalue weighted by molar-refractivity contribution is 7.15. The van der Waals surface area contributed by atoms with Gasteiger partial charge in [0.1, 0.15) is 0 Å². The highest BCUT2D eigenvalue weighted by atomic mass is 35.5. The van der Waals surface area contributed by atoms with Gasteiger partial charge in [-0.2, -0.15) is 0 Å². The van der Waals surface area contributed by atoms with Gasteiger partial charge in [0.25, 0.3) is 0 Å². The molecule has 1 saturated heterocycles. The monoisotopic (exact) mass is 272 g/mol. The molecule has 1 aromatic rings. The molecule has 1 aliphatic rings. The van der Waals surface area contributed by atoms with Crippen LogP contribution >= 0.6 is 22.9 Å². The number of hydrogen-bond donors (Lipinski definition) is 0. The second-order valence-electron chi connectivity index (χ2n) is 5.31. The fourth-order valence-electron chi connectivity index (χ4n) is 2.00. The van der Waals surface area contributed by atoms with E-state index < -0.39 is 0 Å². The van der Waals surface area contributed by atoms with Gasteiger partial charge in [-0.15, -0.1) is 11.3 Å². The minimum Gasteiger partial charge on any atom is -0.337 e. The van der Waals surface area contributed by atoms with E-state index in [1.807, 2.05) is 4.90 Å². The van der Waals surface area contributed by atoms with Crippen LogP contribution in [0.1, 0.15) is 38.0 Å². The number of rotatable bonds is 2. The lowest BCUT2D eigenvalue weighted by atomic mass is 9.85. The summed E-state index contributed by atoms with van der Waals surface area (Å²) in [6, 6.07) is 0. The van der Waals surface area contributed by atoms with Gasteiger partial charge in [0, 0.05) is 24.0 Å². The number of hydrogen-bond acceptors (Lipinski definition) is 3. The van der Waals surface area contributed by atoms with E-state index in [0.29, 0.717) is 17.4 Å². The normalized spacial score (nSPS) is 20.4. The van der Waals surface area contributed by atoms with Crippen molar-refractivity contribution in [1.29, 1.82) is 0 Å². The first-order valence-corrected chi connectivity index (χ1v) is 7.04. The van der Waals surface area contributed by atoms with Crippen molar-refractivity contribution < 1.29 is 4.79 Å². The lowest BCUT2D eigenvalue weighted by molar-refractivity contribution is -0.131. The molecule has 0 N–H and O–H groups in total. The van der Waals surface area contributed by atoms with Crippen LogP contribution in [0.25, 0.3) is 0 Å². The summed E-state index contributed by atoms with van der Waals surface area (Å²) in [7, 11) is 0. The van der Waals surface area contributed by atoms with Crippen LogP contribution in [0.2, 0.25) is 4.47 Å². The third-order valence-corrected chi connectivity index (χ3v) is 4.40. The zero-order valence-electron chi connectivity index (χ0n) is 10.2. The first-order valence-electron chi connectivity index (χ1n) is 5.84. The van der Waals surface area contributed by atoms with E-state index >= 15 is 0 Å². The molecule has 2 rings (SSSR count). The molecule has 1 amide bonds. The van der Waals surface area contributed by atoms with Crippen molar-refractivity contribution >= 4 is 28.8 Å². The van der Waals surface area contributed by atoms with Crippen LogP contribution in [-0.4, -0.2) is 22.3 Å². The highest BCUT2D eigenvalue weighted by Gasteiger charge is 2.27. The number of halogens is 1. The van der Waals surface area contributed by atoms with Gasteiger partial charge in [-0.1, -0.05) is 25.4 Å². The maximum atomic E-state index is 12.0. The van der Waals surface area contributed by atoms with Crippen molar-refractivity contribution in [3.63, 3.8) is 0 Å². The van der Waals surface area contributed by atoms with E-state index in [4.69, 9.17) is 11.6 Å². The fourth-order valence-corrected chi connectivity index (χ4v) is 3.00. The average molecular weight is 273 g/mol. The third kappa shape index (κ3) is 3.42. The summed E-state index contributed by atoms with van der Waals surface area (Å²) in [5.74, 6) is 0.250. The first kappa shape index (κ1) is 12.8. The molecule has 1 aromatic heterocycles. The number of likely N-dealkylation sites (tertiary alicyclic amines) is 1. The standard InChI is InChI=1S/C12H17ClN2OS/c1-12(2)4-3-10(16)15(6-5-12)8-9-7-14-11(13)17-9/h7H,3-6,8H2,1-2H3. The van der Waals surface area contributed by atoms with Crippen LogP contribution in [0.15, 0.2) is 6.20 Å². The molecular weight excluding hydrogens is 256 g/mol. The van der Waals surface area contributed by atoms with Crippen LogP contribution in [-0.2, 0) is 11.3 Å². The molecule has 17 heavy (non-hydrogen) atoms. The zero-order chi connectivity index (χ0) is 12.5. The Balaban J connectivity index is 2.03. The Labute approximate surface area is 111 Å². The number of carbonyl (C=O) groups is 1. The Kier molecular flexibility index (Phi) is 3.73. The molecule has 0 atom stereocenters. The van der Waals surface area contributed by atoms with Gasteiger partial charge in [-0.05, 0) is 18.3 Å². The van der Waals surface area contributed by atoms with Gasteiger partial charge in [0.2, 0.25) is 5.91 Å². The lowest BCUT2D eigenvalue weighted by Crippen LogP contribution is -2.29. The molecule has 2 heterocycles. The number of nitrogens with zero attached hydrogens (tertiary/aromatic N) is 2. The minimum absolute atomic E-state index is 0.250. The molecule has 0 spiro atoms. The number of amides is 1. The van der Waals surface area contributed by atoms with E-state index in [2.05, 4.69) is 18.8 Å². The van der Waals surface area contributed by atoms with Crippen molar-refractivity contribution in [2.75, 3.05) is 6.54 Å². The summed E-state index contributed by atoms with van der Waals surface area (Å²) in [5, 5.41) is 0. The lowest BCUT2D eigenvalue weighted by Gasteiger charge is -2.22. The second-order valence-corrected chi connectivity index (χ2v) is 7.01. The van der Waals surface area contributed by atoms with Crippen LogP contribution in [0, 0.1) is 5.41 Å². The predicted octanol–water partition coefficient (Wildman–Crippen LogP) is 3.34. The van der Waals surface area contributed by atoms with E-state index in [1.54, 1.807) is 6.20 Å². The maximum absolute atomic E-state index is 12.0. The van der Waals surface area contributed by atoms with Gasteiger partial charge >= 0.3 is 0 Å². The van der Waals surface area contributed by atoms with E-state index in [9.17, 15) is 4.79 Å². The molecule has 0 unspecified atom stereocenters. The molecule has 0 aliphatic carbocycles. The molecule has 1 fully saturated rings. The highest BCUT2D eigenvalue weighted by Crippen LogP contribution is 2.31. The summed E-state index contributed by atoms with van der Waals surface area (Å²) in [6.45, 7) is 5.95. The Morgan fingerprint density at radius 1 is 1.53 bits per heavy atom. The Morgan fingerprint density at radius 3 is 2.94 bits per heavy atom. The van der Waals surface area contributed by atoms with Gasteiger partial charge < -0.3 is 4.90 Å². The molecule has 5 heteroatoms. The third-order valence-electron chi connectivity index (χ3n) is 3.30. The van der Waals surface area contributed by atoms with Gasteiger partial charge in [-0.3, -0.25) is 4.79 Å². The minimum atomic E-state index is 0.250. The molecule has 3 nitrogen and oxygen atoms in total. The molecule has 0 aromatic carbocycles. The van der Waals surface area contributed by atoms with Gasteiger partial charge in [-0.25, -0.2) is 4.98 Å². The van der Waals surface area contributed by atoms with Crippen molar-refractivity contribution in [2.45, 2.75) is 39.7 Å². The summed E-state index contributed by atoms with van der Waals surface area (Å²) >= 11 is 7.25. The van der Waals surface area contributed by atoms with Crippen molar-refractivity contribution in [2.24, 2.45) is 5.41 Å². The van der Waals surface area contributed by atoms with E-state index in [1.165, 1.54) is 11.3 Å². The van der Waals surface area contributed by atoms with Gasteiger partial charge in [0.15, 0.2) is 4.47 Å². The van der Waals surface area contributed by atoms with Gasteiger partial charge in [0.05, 0.1) is 6.54 Å². The first-order chi connectivity index (χ1) is 7.96. The Hall–Kier alpha value is -0.610. The van der Waals surface area contributed by atoms with E-state index in [-0.39, 0.29) is 11.3 Å². The van der Waals surface area contributed by atoms with Crippen LogP contribution in [0.3, 0.4) is 0 Å². The molecule has 1 aliphatic heterocycles. The summed E-state index contributed by atoms with van der Waals surface area (Å²) in [5.41, 5.74) is 0.274. The summed E-state index contributed by atoms with van der Waals surface area (Å²) in [4.78, 5) is 19.0. The predicted molar refractivity (Wildman–Crippen MR) is 70.2 cm³/mol. The molecule has 0 bridgehead atoms. The Bertz CT molecular complexity index is 416. The van der Waals surface area contributed by atoms with Crippen LogP contribution in [0.5, 0.6) is 0 Å². The molecule has 0 radical (unpaired) electrons. The largest absolute Gasteiger partial charge is 0.337 e. The second kappa shape index (κ2) is 4.94.